The number of rotatable bonds is 6. The summed E-state index contributed by atoms with van der Waals surface area (Å²) in [5.41, 5.74) is 2.58. The van der Waals surface area contributed by atoms with Crippen LogP contribution in [0.15, 0.2) is 49.1 Å². The maximum Gasteiger partial charge on any atom is 0.180 e. The molecular weight excluding hydrogens is 523 g/mol. The lowest BCUT2D eigenvalue weighted by molar-refractivity contribution is -2.00. The maximum atomic E-state index is 10.5. The highest BCUT2D eigenvalue weighted by atomic mass is 35.7. The number of aliphatic hydroxyl groups excluding tert-OH is 1. The van der Waals surface area contributed by atoms with Gasteiger partial charge in [-0.25, -0.2) is 46.4 Å². The Balaban J connectivity index is 0.000000389. The molecule has 0 aliphatic carbocycles. The molecule has 4 heterocycles. The second-order valence-electron chi connectivity index (χ2n) is 8.30. The highest BCUT2D eigenvalue weighted by Gasteiger charge is 2.19. The van der Waals surface area contributed by atoms with Crippen LogP contribution >= 0.6 is 0 Å². The van der Waals surface area contributed by atoms with Gasteiger partial charge in [0, 0.05) is 61.8 Å². The predicted molar refractivity (Wildman–Crippen MR) is 102 cm³/mol. The second kappa shape index (κ2) is 14.2. The molecule has 0 spiro atoms. The van der Waals surface area contributed by atoms with E-state index in [1.54, 1.807) is 0 Å². The Labute approximate surface area is 213 Å². The first-order chi connectivity index (χ1) is 16.8. The number of pyridine rings is 2. The van der Waals surface area contributed by atoms with Crippen LogP contribution in [0.3, 0.4) is 0 Å². The number of hydrogen-bond donors (Lipinski definition) is 1. The number of anilines is 2. The molecule has 0 bridgehead atoms. The lowest BCUT2D eigenvalue weighted by Gasteiger charge is -2.17. The standard InChI is InChI=1S/C21H30N4O.2ClHO4/c26-21(17-22-13-5-19(6-14-22)24-9-1-2-10-24)18-23-15-7-20(8-16-23)25-11-3-4-12-25;2*2-1(3,4)5/h5-8,13-16,21,26H,1-4,9-12,17-18H2;2*(H,2,3,4,5)/q+2;;/p-2. The number of aliphatic hydroxyl groups is 1. The van der Waals surface area contributed by atoms with Crippen LogP contribution in [0.25, 0.3) is 0 Å². The van der Waals surface area contributed by atoms with Gasteiger partial charge in [-0.3, -0.25) is 0 Å². The molecule has 2 aliphatic heterocycles. The van der Waals surface area contributed by atoms with Crippen LogP contribution in [0.4, 0.5) is 11.4 Å². The highest BCUT2D eigenvalue weighted by Crippen LogP contribution is 2.19. The number of aromatic nitrogens is 2. The first kappa shape index (κ1) is 30.3. The van der Waals surface area contributed by atoms with Gasteiger partial charge in [0.2, 0.25) is 0 Å². The molecule has 4 rings (SSSR count). The van der Waals surface area contributed by atoms with Crippen molar-refractivity contribution in [3.05, 3.63) is 49.1 Å². The van der Waals surface area contributed by atoms with Gasteiger partial charge in [-0.1, -0.05) is 0 Å². The maximum absolute atomic E-state index is 10.5. The van der Waals surface area contributed by atoms with Crippen molar-refractivity contribution < 1.29 is 72.0 Å². The molecule has 0 unspecified atom stereocenters. The van der Waals surface area contributed by atoms with Crippen molar-refractivity contribution in [3.8, 4) is 0 Å². The van der Waals surface area contributed by atoms with E-state index >= 15 is 0 Å². The van der Waals surface area contributed by atoms with Gasteiger partial charge >= 0.3 is 0 Å². The van der Waals surface area contributed by atoms with Gasteiger partial charge in [0.05, 0.1) is 0 Å². The largest absolute Gasteiger partial charge is 0.381 e. The van der Waals surface area contributed by atoms with Crippen molar-refractivity contribution in [2.75, 3.05) is 36.0 Å². The van der Waals surface area contributed by atoms with Crippen LogP contribution in [-0.2, 0) is 13.1 Å². The van der Waals surface area contributed by atoms with Gasteiger partial charge in [0.25, 0.3) is 0 Å². The fourth-order valence-corrected chi connectivity index (χ4v) is 4.06. The molecule has 1 N–H and O–H groups in total. The summed E-state index contributed by atoms with van der Waals surface area (Å²) in [5, 5.41) is 10.5. The fourth-order valence-electron chi connectivity index (χ4n) is 4.06. The second-order valence-corrected chi connectivity index (χ2v) is 9.82. The van der Waals surface area contributed by atoms with Gasteiger partial charge in [0.15, 0.2) is 44.0 Å². The molecule has 2 aromatic rings. The van der Waals surface area contributed by atoms with Gasteiger partial charge in [-0.2, -0.15) is 0 Å². The fraction of sp³-hybridized carbons (Fsp3) is 0.524. The van der Waals surface area contributed by atoms with Crippen molar-refractivity contribution in [3.63, 3.8) is 0 Å². The third kappa shape index (κ3) is 13.4. The summed E-state index contributed by atoms with van der Waals surface area (Å²) in [4.78, 5) is 4.86. The third-order valence-electron chi connectivity index (χ3n) is 5.53. The summed E-state index contributed by atoms with van der Waals surface area (Å²) in [6, 6.07) is 8.65. The number of halogens is 2. The van der Waals surface area contributed by atoms with Crippen molar-refractivity contribution in [1.82, 2.24) is 0 Å². The monoisotopic (exact) mass is 552 g/mol. The van der Waals surface area contributed by atoms with Gasteiger partial charge in [-0.15, -0.1) is 20.5 Å². The minimum Gasteiger partial charge on any atom is -0.381 e. The molecule has 2 aliphatic rings. The van der Waals surface area contributed by atoms with Crippen molar-refractivity contribution in [2.45, 2.75) is 44.9 Å². The Morgan fingerprint density at radius 2 is 0.861 bits per heavy atom. The SMILES string of the molecule is OC(C[n+]1ccc(N2CCCC2)cc1)C[n+]1ccc(N2CCCC2)cc1.[O-][Cl+3]([O-])([O-])[O-].[O-][Cl+3]([O-])([O-])[O-]. The summed E-state index contributed by atoms with van der Waals surface area (Å²) in [5.74, 6) is 0. The molecule has 202 valence electrons. The molecule has 0 amide bonds. The van der Waals surface area contributed by atoms with Gasteiger partial charge < -0.3 is 14.9 Å². The molecule has 0 aromatic carbocycles. The van der Waals surface area contributed by atoms with Crippen LogP contribution in [-0.4, -0.2) is 37.4 Å². The average Bonchev–Trinajstić information content (AvgIpc) is 3.47. The zero-order valence-electron chi connectivity index (χ0n) is 19.5. The quantitative estimate of drug-likeness (QED) is 0.331. The lowest BCUT2D eigenvalue weighted by Crippen LogP contribution is -2.68. The van der Waals surface area contributed by atoms with E-state index in [-0.39, 0.29) is 0 Å². The third-order valence-corrected chi connectivity index (χ3v) is 5.53. The normalized spacial score (nSPS) is 15.9. The Hall–Kier alpha value is -1.88. The topological polar surface area (TPSA) is 219 Å². The molecule has 2 saturated heterocycles. The van der Waals surface area contributed by atoms with E-state index in [0.717, 1.165) is 26.2 Å². The summed E-state index contributed by atoms with van der Waals surface area (Å²) >= 11 is 0. The van der Waals surface area contributed by atoms with E-state index in [9.17, 15) is 5.11 Å². The zero-order chi connectivity index (χ0) is 26.8. The Morgan fingerprint density at radius 1 is 0.611 bits per heavy atom. The van der Waals surface area contributed by atoms with E-state index < -0.39 is 26.6 Å². The van der Waals surface area contributed by atoms with Crippen molar-refractivity contribution in [2.24, 2.45) is 0 Å². The minimum absolute atomic E-state index is 0.403. The van der Waals surface area contributed by atoms with E-state index in [4.69, 9.17) is 37.3 Å². The summed E-state index contributed by atoms with van der Waals surface area (Å²) in [6.45, 7) is 5.88. The summed E-state index contributed by atoms with van der Waals surface area (Å²) in [6.07, 6.45) is 13.1. The number of nitrogens with zero attached hydrogens (tertiary/aromatic N) is 4. The van der Waals surface area contributed by atoms with Crippen LogP contribution in [0.5, 0.6) is 0 Å². The minimum atomic E-state index is -4.94. The van der Waals surface area contributed by atoms with E-state index in [2.05, 4.69) is 68.0 Å². The van der Waals surface area contributed by atoms with E-state index in [1.165, 1.54) is 37.1 Å². The molecule has 13 nitrogen and oxygen atoms in total. The molecule has 36 heavy (non-hydrogen) atoms. The molecule has 0 atom stereocenters. The van der Waals surface area contributed by atoms with E-state index in [0.29, 0.717) is 13.1 Å². The molecule has 2 aromatic heterocycles. The summed E-state index contributed by atoms with van der Waals surface area (Å²) in [7, 11) is -9.89. The molecular formula is C21H30Cl2N4O9. The van der Waals surface area contributed by atoms with Crippen LogP contribution in [0.1, 0.15) is 25.7 Å². The summed E-state index contributed by atoms with van der Waals surface area (Å²) < 4.78 is 72.1. The lowest BCUT2D eigenvalue weighted by atomic mass is 10.3. The van der Waals surface area contributed by atoms with Crippen molar-refractivity contribution >= 4 is 11.4 Å². The first-order valence-corrected chi connectivity index (χ1v) is 13.6. The molecule has 0 saturated carbocycles. The highest BCUT2D eigenvalue weighted by molar-refractivity contribution is 5.45. The Morgan fingerprint density at radius 3 is 1.11 bits per heavy atom. The van der Waals surface area contributed by atoms with Crippen LogP contribution in [0, 0.1) is 20.5 Å². The molecule has 0 radical (unpaired) electrons. The smallest absolute Gasteiger partial charge is 0.180 e. The zero-order valence-corrected chi connectivity index (χ0v) is 21.0. The van der Waals surface area contributed by atoms with Gasteiger partial charge in [-0.05, 0) is 25.7 Å². The van der Waals surface area contributed by atoms with Crippen LogP contribution in [0.2, 0.25) is 0 Å². The van der Waals surface area contributed by atoms with Crippen LogP contribution < -0.4 is 56.2 Å². The van der Waals surface area contributed by atoms with Crippen molar-refractivity contribution in [1.29, 1.82) is 0 Å². The van der Waals surface area contributed by atoms with Gasteiger partial charge in [0.1, 0.15) is 0 Å². The Bertz CT molecular complexity index is 799. The molecule has 2 fully saturated rings. The molecule has 15 heteroatoms. The Kier molecular flexibility index (Phi) is 11.9. The first-order valence-electron chi connectivity index (χ1n) is 11.2. The average molecular weight is 553 g/mol. The van der Waals surface area contributed by atoms with E-state index in [1.807, 2.05) is 0 Å². The number of hydrogen-bond acceptors (Lipinski definition) is 11. The predicted octanol–water partition coefficient (Wildman–Crippen LogP) is -7.99.